The topological polar surface area (TPSA) is 109 Å². The van der Waals surface area contributed by atoms with Gasteiger partial charge in [-0.2, -0.15) is 5.26 Å². The number of carbonyl (C=O) groups is 1. The molecule has 0 unspecified atom stereocenters. The molecule has 0 aliphatic carbocycles. The molecule has 4 rings (SSSR count). The number of carbonyl (C=O) groups excluding carboxylic acids is 1. The van der Waals surface area contributed by atoms with Crippen molar-refractivity contribution < 1.29 is 14.3 Å². The van der Waals surface area contributed by atoms with Crippen LogP contribution in [0.25, 0.3) is 20.7 Å². The van der Waals surface area contributed by atoms with Crippen molar-refractivity contribution in [2.45, 2.75) is 6.92 Å². The van der Waals surface area contributed by atoms with Crippen LogP contribution in [0.1, 0.15) is 28.4 Å². The average Bonchev–Trinajstić information content (AvgIpc) is 3.24. The fourth-order valence-corrected chi connectivity index (χ4v) is 4.43. The number of hydrogen-bond donors (Lipinski definition) is 1. The van der Waals surface area contributed by atoms with E-state index in [1.165, 1.54) is 24.8 Å². The normalized spacial score (nSPS) is 11.1. The standard InChI is InChI=1S/C24H19N5O3S/c1-3-32-19-7-5-4-6-17(19)21-18(12-25)20-22(33-21)23(27-14-26-20)28-29-24(31-2)16-10-8-15(13-30)9-11-16/h4-11,13-14H,3H2,1-2H3,(H,26,27,28)/b29-24-. The molecule has 2 aromatic heterocycles. The minimum absolute atomic E-state index is 0.318. The number of nitriles is 1. The zero-order chi connectivity index (χ0) is 23.2. The molecule has 0 spiro atoms. The van der Waals surface area contributed by atoms with Gasteiger partial charge in [-0.25, -0.2) is 9.97 Å². The number of methoxy groups -OCH3 is 1. The lowest BCUT2D eigenvalue weighted by Gasteiger charge is -2.08. The van der Waals surface area contributed by atoms with E-state index in [0.717, 1.165) is 16.7 Å². The number of aldehydes is 1. The van der Waals surface area contributed by atoms with Gasteiger partial charge in [-0.3, -0.25) is 10.2 Å². The van der Waals surface area contributed by atoms with Crippen molar-refractivity contribution in [3.63, 3.8) is 0 Å². The number of para-hydroxylation sites is 1. The lowest BCUT2D eigenvalue weighted by molar-refractivity contribution is 0.112. The molecule has 164 valence electrons. The Bertz CT molecular complexity index is 1370. The highest BCUT2D eigenvalue weighted by molar-refractivity contribution is 7.23. The van der Waals surface area contributed by atoms with Gasteiger partial charge in [0.25, 0.3) is 0 Å². The number of rotatable bonds is 7. The van der Waals surface area contributed by atoms with E-state index >= 15 is 0 Å². The van der Waals surface area contributed by atoms with E-state index in [0.29, 0.717) is 51.0 Å². The first-order valence-corrected chi connectivity index (χ1v) is 10.8. The number of ether oxygens (including phenoxy) is 2. The zero-order valence-electron chi connectivity index (χ0n) is 17.9. The third-order valence-corrected chi connectivity index (χ3v) is 5.98. The first-order valence-electron chi connectivity index (χ1n) is 10.0. The second-order valence-corrected chi connectivity index (χ2v) is 7.74. The van der Waals surface area contributed by atoms with Gasteiger partial charge >= 0.3 is 0 Å². The molecular weight excluding hydrogens is 438 g/mol. The van der Waals surface area contributed by atoms with Crippen LogP contribution in [0.15, 0.2) is 60.0 Å². The van der Waals surface area contributed by atoms with Gasteiger partial charge in [0.1, 0.15) is 29.9 Å². The summed E-state index contributed by atoms with van der Waals surface area (Å²) in [6, 6.07) is 16.7. The summed E-state index contributed by atoms with van der Waals surface area (Å²) in [5.74, 6) is 1.46. The van der Waals surface area contributed by atoms with Gasteiger partial charge in [-0.15, -0.1) is 16.4 Å². The van der Waals surface area contributed by atoms with Crippen molar-refractivity contribution >= 4 is 39.6 Å². The monoisotopic (exact) mass is 457 g/mol. The molecule has 0 fully saturated rings. The number of thiophene rings is 1. The van der Waals surface area contributed by atoms with E-state index < -0.39 is 0 Å². The lowest BCUT2D eigenvalue weighted by atomic mass is 10.1. The minimum atomic E-state index is 0.318. The summed E-state index contributed by atoms with van der Waals surface area (Å²) in [7, 11) is 1.51. The third kappa shape index (κ3) is 4.37. The van der Waals surface area contributed by atoms with Gasteiger partial charge in [-0.1, -0.05) is 24.3 Å². The predicted molar refractivity (Wildman–Crippen MR) is 128 cm³/mol. The number of benzene rings is 2. The van der Waals surface area contributed by atoms with Crippen LogP contribution in [0.4, 0.5) is 5.82 Å². The number of aromatic nitrogens is 2. The van der Waals surface area contributed by atoms with Gasteiger partial charge in [0.05, 0.1) is 28.9 Å². The highest BCUT2D eigenvalue weighted by Gasteiger charge is 2.20. The Labute approximate surface area is 194 Å². The highest BCUT2D eigenvalue weighted by atomic mass is 32.1. The molecule has 2 heterocycles. The molecule has 0 bridgehead atoms. The maximum absolute atomic E-state index is 10.9. The first kappa shape index (κ1) is 21.9. The van der Waals surface area contributed by atoms with Crippen LogP contribution in [0, 0.1) is 11.3 Å². The lowest BCUT2D eigenvalue weighted by Crippen LogP contribution is -2.07. The number of nitrogens with one attached hydrogen (secondary N) is 1. The summed E-state index contributed by atoms with van der Waals surface area (Å²) in [5, 5.41) is 14.2. The van der Waals surface area contributed by atoms with E-state index in [-0.39, 0.29) is 0 Å². The SMILES string of the molecule is CCOc1ccccc1-c1sc2c(N/N=C(\OC)c3ccc(C=O)cc3)ncnc2c1C#N. The molecule has 8 nitrogen and oxygen atoms in total. The van der Waals surface area contributed by atoms with Crippen LogP contribution in [0.3, 0.4) is 0 Å². The van der Waals surface area contributed by atoms with Crippen molar-refractivity contribution in [2.75, 3.05) is 19.1 Å². The smallest absolute Gasteiger partial charge is 0.238 e. The summed E-state index contributed by atoms with van der Waals surface area (Å²) in [5.41, 5.74) is 5.99. The fourth-order valence-electron chi connectivity index (χ4n) is 3.25. The maximum atomic E-state index is 10.9. The molecule has 33 heavy (non-hydrogen) atoms. The summed E-state index contributed by atoms with van der Waals surface area (Å²) in [6.07, 6.45) is 2.16. The molecule has 0 saturated carbocycles. The molecule has 0 atom stereocenters. The molecule has 0 amide bonds. The zero-order valence-corrected chi connectivity index (χ0v) is 18.7. The summed E-state index contributed by atoms with van der Waals surface area (Å²) in [6.45, 7) is 2.43. The van der Waals surface area contributed by atoms with Crippen molar-refractivity contribution in [2.24, 2.45) is 5.10 Å². The number of fused-ring (bicyclic) bond motifs is 1. The second-order valence-electron chi connectivity index (χ2n) is 6.72. The van der Waals surface area contributed by atoms with Crippen molar-refractivity contribution in [1.82, 2.24) is 9.97 Å². The van der Waals surface area contributed by atoms with E-state index in [1.54, 1.807) is 24.3 Å². The largest absolute Gasteiger partial charge is 0.493 e. The number of hydrazone groups is 1. The van der Waals surface area contributed by atoms with Crippen LogP contribution in [-0.4, -0.2) is 35.9 Å². The van der Waals surface area contributed by atoms with Gasteiger partial charge in [0.2, 0.25) is 5.90 Å². The Hall–Kier alpha value is -4.29. The van der Waals surface area contributed by atoms with Crippen LogP contribution in [0.2, 0.25) is 0 Å². The summed E-state index contributed by atoms with van der Waals surface area (Å²) in [4.78, 5) is 20.3. The van der Waals surface area contributed by atoms with Gasteiger partial charge in [-0.05, 0) is 31.2 Å². The number of anilines is 1. The second kappa shape index (κ2) is 9.89. The van der Waals surface area contributed by atoms with Gasteiger partial charge < -0.3 is 9.47 Å². The molecule has 2 aromatic carbocycles. The van der Waals surface area contributed by atoms with Crippen molar-refractivity contribution in [3.05, 3.63) is 71.5 Å². The van der Waals surface area contributed by atoms with E-state index in [4.69, 9.17) is 9.47 Å². The Morgan fingerprint density at radius 1 is 1.21 bits per heavy atom. The van der Waals surface area contributed by atoms with Crippen LogP contribution in [-0.2, 0) is 4.74 Å². The van der Waals surface area contributed by atoms with E-state index in [2.05, 4.69) is 26.6 Å². The first-order chi connectivity index (χ1) is 16.2. The Kier molecular flexibility index (Phi) is 6.57. The van der Waals surface area contributed by atoms with Gasteiger partial charge in [0, 0.05) is 16.7 Å². The number of nitrogens with zero attached hydrogens (tertiary/aromatic N) is 4. The Morgan fingerprint density at radius 3 is 2.70 bits per heavy atom. The number of hydrogen-bond acceptors (Lipinski definition) is 9. The fraction of sp³-hybridized carbons (Fsp3) is 0.125. The predicted octanol–water partition coefficient (Wildman–Crippen LogP) is 4.86. The average molecular weight is 458 g/mol. The minimum Gasteiger partial charge on any atom is -0.493 e. The Balaban J connectivity index is 1.76. The van der Waals surface area contributed by atoms with Crippen LogP contribution in [0.5, 0.6) is 5.75 Å². The van der Waals surface area contributed by atoms with Crippen molar-refractivity contribution in [1.29, 1.82) is 5.26 Å². The summed E-state index contributed by atoms with van der Waals surface area (Å²) < 4.78 is 11.8. The van der Waals surface area contributed by atoms with Crippen LogP contribution >= 0.6 is 11.3 Å². The molecule has 4 aromatic rings. The quantitative estimate of drug-likeness (QED) is 0.183. The highest BCUT2D eigenvalue weighted by Crippen LogP contribution is 2.43. The van der Waals surface area contributed by atoms with E-state index in [1.807, 2.05) is 31.2 Å². The summed E-state index contributed by atoms with van der Waals surface area (Å²) >= 11 is 1.39. The molecular formula is C24H19N5O3S. The van der Waals surface area contributed by atoms with Gasteiger partial charge in [0.15, 0.2) is 5.82 Å². The molecule has 0 aliphatic rings. The molecule has 9 heteroatoms. The van der Waals surface area contributed by atoms with E-state index in [9.17, 15) is 10.1 Å². The van der Waals surface area contributed by atoms with Crippen LogP contribution < -0.4 is 10.2 Å². The molecule has 1 N–H and O–H groups in total. The maximum Gasteiger partial charge on any atom is 0.238 e. The van der Waals surface area contributed by atoms with Crippen molar-refractivity contribution in [3.8, 4) is 22.3 Å². The molecule has 0 radical (unpaired) electrons. The third-order valence-electron chi connectivity index (χ3n) is 4.77. The molecule has 0 saturated heterocycles. The molecule has 0 aliphatic heterocycles. The Morgan fingerprint density at radius 2 is 2.00 bits per heavy atom.